The van der Waals surface area contributed by atoms with Gasteiger partial charge in [0.05, 0.1) is 25.4 Å². The number of morpholine rings is 1. The molecule has 3 nitrogen and oxygen atoms in total. The summed E-state index contributed by atoms with van der Waals surface area (Å²) in [5.74, 6) is 0. The number of rotatable bonds is 4. The Morgan fingerprint density at radius 3 is 2.94 bits per heavy atom. The predicted octanol–water partition coefficient (Wildman–Crippen LogP) is 1.58. The van der Waals surface area contributed by atoms with Gasteiger partial charge in [0, 0.05) is 13.1 Å². The minimum Gasteiger partial charge on any atom is -0.373 e. The first-order valence-corrected chi connectivity index (χ1v) is 5.84. The first kappa shape index (κ1) is 11.6. The zero-order chi connectivity index (χ0) is 11.2. The lowest BCUT2D eigenvalue weighted by atomic mass is 10.2. The Morgan fingerprint density at radius 1 is 1.44 bits per heavy atom. The molecule has 1 fully saturated rings. The van der Waals surface area contributed by atoms with Crippen LogP contribution < -0.4 is 5.32 Å². The van der Waals surface area contributed by atoms with Crippen molar-refractivity contribution in [3.63, 3.8) is 0 Å². The van der Waals surface area contributed by atoms with Crippen LogP contribution >= 0.6 is 0 Å². The van der Waals surface area contributed by atoms with E-state index in [9.17, 15) is 0 Å². The molecule has 1 N–H and O–H groups in total. The van der Waals surface area contributed by atoms with E-state index < -0.39 is 0 Å². The van der Waals surface area contributed by atoms with Gasteiger partial charge in [-0.05, 0) is 12.5 Å². The average molecular weight is 221 g/mol. The Kier molecular flexibility index (Phi) is 4.34. The van der Waals surface area contributed by atoms with Gasteiger partial charge in [-0.1, -0.05) is 30.3 Å². The molecule has 0 aromatic heterocycles. The van der Waals surface area contributed by atoms with Gasteiger partial charge in [-0.15, -0.1) is 0 Å². The minimum absolute atomic E-state index is 0.132. The molecule has 1 aliphatic rings. The first-order valence-electron chi connectivity index (χ1n) is 5.84. The largest absolute Gasteiger partial charge is 0.373 e. The number of ether oxygens (including phenoxy) is 2. The van der Waals surface area contributed by atoms with Gasteiger partial charge in [0.2, 0.25) is 0 Å². The Bertz CT molecular complexity index is 296. The maximum atomic E-state index is 5.80. The second kappa shape index (κ2) is 5.99. The quantitative estimate of drug-likeness (QED) is 0.837. The monoisotopic (exact) mass is 221 g/mol. The lowest BCUT2D eigenvalue weighted by Gasteiger charge is -2.28. The minimum atomic E-state index is 0.132. The normalized spacial score (nSPS) is 22.9. The van der Waals surface area contributed by atoms with E-state index in [-0.39, 0.29) is 12.2 Å². The lowest BCUT2D eigenvalue weighted by molar-refractivity contribution is -0.0815. The van der Waals surface area contributed by atoms with Gasteiger partial charge in [-0.25, -0.2) is 0 Å². The fourth-order valence-electron chi connectivity index (χ4n) is 1.80. The van der Waals surface area contributed by atoms with E-state index in [0.29, 0.717) is 6.61 Å². The van der Waals surface area contributed by atoms with E-state index in [1.807, 2.05) is 18.2 Å². The van der Waals surface area contributed by atoms with Crippen molar-refractivity contribution in [1.82, 2.24) is 5.32 Å². The molecule has 3 heteroatoms. The molecule has 1 aliphatic heterocycles. The summed E-state index contributed by atoms with van der Waals surface area (Å²) in [7, 11) is 0. The van der Waals surface area contributed by atoms with Crippen molar-refractivity contribution in [2.45, 2.75) is 25.7 Å². The molecular formula is C13H19NO2. The van der Waals surface area contributed by atoms with Gasteiger partial charge in [0.25, 0.3) is 0 Å². The van der Waals surface area contributed by atoms with Crippen LogP contribution in [0.1, 0.15) is 12.5 Å². The molecule has 88 valence electrons. The fourth-order valence-corrected chi connectivity index (χ4v) is 1.80. The van der Waals surface area contributed by atoms with E-state index in [4.69, 9.17) is 9.47 Å². The molecule has 0 saturated carbocycles. The average Bonchev–Trinajstić information content (AvgIpc) is 2.38. The van der Waals surface area contributed by atoms with E-state index in [1.54, 1.807) is 0 Å². The van der Waals surface area contributed by atoms with Crippen molar-refractivity contribution in [1.29, 1.82) is 0 Å². The van der Waals surface area contributed by atoms with Gasteiger partial charge in [0.1, 0.15) is 0 Å². The summed E-state index contributed by atoms with van der Waals surface area (Å²) in [5, 5.41) is 3.31. The molecule has 0 spiro atoms. The van der Waals surface area contributed by atoms with Crippen molar-refractivity contribution in [3.8, 4) is 0 Å². The molecule has 2 atom stereocenters. The second-order valence-electron chi connectivity index (χ2n) is 4.12. The van der Waals surface area contributed by atoms with Crippen LogP contribution in [-0.4, -0.2) is 31.9 Å². The van der Waals surface area contributed by atoms with Crippen molar-refractivity contribution in [2.24, 2.45) is 0 Å². The molecule has 0 radical (unpaired) electrons. The fraction of sp³-hybridized carbons (Fsp3) is 0.538. The Balaban J connectivity index is 1.76. The highest BCUT2D eigenvalue weighted by Crippen LogP contribution is 2.09. The third-order valence-electron chi connectivity index (χ3n) is 2.84. The maximum Gasteiger partial charge on any atom is 0.0958 e. The molecule has 1 saturated heterocycles. The Hall–Kier alpha value is -0.900. The molecule has 1 aromatic rings. The SMILES string of the molecule is C[C@@H](OCc1ccccc1)C1CNCCO1. The summed E-state index contributed by atoms with van der Waals surface area (Å²) < 4.78 is 11.4. The summed E-state index contributed by atoms with van der Waals surface area (Å²) in [6.45, 7) is 5.34. The lowest BCUT2D eigenvalue weighted by Crippen LogP contribution is -2.44. The number of nitrogens with one attached hydrogen (secondary N) is 1. The third-order valence-corrected chi connectivity index (χ3v) is 2.84. The van der Waals surface area contributed by atoms with E-state index >= 15 is 0 Å². The van der Waals surface area contributed by atoms with Gasteiger partial charge < -0.3 is 14.8 Å². The van der Waals surface area contributed by atoms with Crippen molar-refractivity contribution in [2.75, 3.05) is 19.7 Å². The van der Waals surface area contributed by atoms with Gasteiger partial charge in [0.15, 0.2) is 0 Å². The Morgan fingerprint density at radius 2 is 2.25 bits per heavy atom. The zero-order valence-electron chi connectivity index (χ0n) is 9.69. The first-order chi connectivity index (χ1) is 7.86. The predicted molar refractivity (Wildman–Crippen MR) is 63.3 cm³/mol. The molecule has 16 heavy (non-hydrogen) atoms. The molecule has 1 heterocycles. The standard InChI is InChI=1S/C13H19NO2/c1-11(13-9-14-7-8-15-13)16-10-12-5-3-2-4-6-12/h2-6,11,13-14H,7-10H2,1H3/t11-,13?/m1/s1. The third kappa shape index (κ3) is 3.30. The smallest absolute Gasteiger partial charge is 0.0958 e. The number of hydrogen-bond acceptors (Lipinski definition) is 3. The highest BCUT2D eigenvalue weighted by Gasteiger charge is 2.20. The van der Waals surface area contributed by atoms with Crippen LogP contribution in [0.5, 0.6) is 0 Å². The van der Waals surface area contributed by atoms with Gasteiger partial charge in [-0.2, -0.15) is 0 Å². The van der Waals surface area contributed by atoms with Crippen LogP contribution in [0.25, 0.3) is 0 Å². The summed E-state index contributed by atoms with van der Waals surface area (Å²) in [5.41, 5.74) is 1.21. The van der Waals surface area contributed by atoms with Crippen LogP contribution in [0.4, 0.5) is 0 Å². The Labute approximate surface area is 96.8 Å². The van der Waals surface area contributed by atoms with Crippen molar-refractivity contribution in [3.05, 3.63) is 35.9 Å². The molecule has 1 unspecified atom stereocenters. The molecule has 0 bridgehead atoms. The highest BCUT2D eigenvalue weighted by atomic mass is 16.5. The summed E-state index contributed by atoms with van der Waals surface area (Å²) in [4.78, 5) is 0. The topological polar surface area (TPSA) is 30.5 Å². The molecule has 0 amide bonds. The molecule has 0 aliphatic carbocycles. The van der Waals surface area contributed by atoms with E-state index in [2.05, 4.69) is 24.4 Å². The van der Waals surface area contributed by atoms with Crippen LogP contribution in [0, 0.1) is 0 Å². The second-order valence-corrected chi connectivity index (χ2v) is 4.12. The molecule has 2 rings (SSSR count). The van der Waals surface area contributed by atoms with Crippen molar-refractivity contribution < 1.29 is 9.47 Å². The van der Waals surface area contributed by atoms with E-state index in [1.165, 1.54) is 5.56 Å². The van der Waals surface area contributed by atoms with Crippen LogP contribution in [0.2, 0.25) is 0 Å². The zero-order valence-corrected chi connectivity index (χ0v) is 9.69. The highest BCUT2D eigenvalue weighted by molar-refractivity contribution is 5.13. The van der Waals surface area contributed by atoms with Gasteiger partial charge >= 0.3 is 0 Å². The maximum absolute atomic E-state index is 5.80. The molecular weight excluding hydrogens is 202 g/mol. The number of benzene rings is 1. The molecule has 1 aromatic carbocycles. The summed E-state index contributed by atoms with van der Waals surface area (Å²) in [6, 6.07) is 10.2. The summed E-state index contributed by atoms with van der Waals surface area (Å²) in [6.07, 6.45) is 0.311. The van der Waals surface area contributed by atoms with Crippen LogP contribution in [-0.2, 0) is 16.1 Å². The van der Waals surface area contributed by atoms with Crippen LogP contribution in [0.3, 0.4) is 0 Å². The summed E-state index contributed by atoms with van der Waals surface area (Å²) >= 11 is 0. The van der Waals surface area contributed by atoms with Gasteiger partial charge in [-0.3, -0.25) is 0 Å². The number of hydrogen-bond donors (Lipinski definition) is 1. The van der Waals surface area contributed by atoms with Crippen molar-refractivity contribution >= 4 is 0 Å². The van der Waals surface area contributed by atoms with E-state index in [0.717, 1.165) is 19.7 Å². The van der Waals surface area contributed by atoms with Crippen LogP contribution in [0.15, 0.2) is 30.3 Å².